The lowest BCUT2D eigenvalue weighted by molar-refractivity contribution is 0.499. The molecule has 0 unspecified atom stereocenters. The fourth-order valence-electron chi connectivity index (χ4n) is 2.17. The number of aromatic nitrogens is 1. The van der Waals surface area contributed by atoms with Gasteiger partial charge in [0.1, 0.15) is 9.97 Å². The van der Waals surface area contributed by atoms with Crippen LogP contribution in [0.4, 0.5) is 0 Å². The van der Waals surface area contributed by atoms with Crippen molar-refractivity contribution in [3.63, 3.8) is 0 Å². The van der Waals surface area contributed by atoms with Crippen LogP contribution < -0.4 is 4.72 Å². The molecule has 0 atom stereocenters. The molecule has 1 aliphatic carbocycles. The molecule has 6 nitrogen and oxygen atoms in total. The van der Waals surface area contributed by atoms with E-state index in [9.17, 15) is 8.42 Å². The summed E-state index contributed by atoms with van der Waals surface area (Å²) in [7, 11) is -3.57. The van der Waals surface area contributed by atoms with Crippen LogP contribution in [-0.2, 0) is 16.6 Å². The molecule has 0 amide bonds. The molecule has 4 rings (SSSR count). The summed E-state index contributed by atoms with van der Waals surface area (Å²) in [6, 6.07) is 6.75. The topological polar surface area (TPSA) is 85.3 Å². The molecule has 1 aliphatic rings. The Bertz CT molecular complexity index is 905. The highest BCUT2D eigenvalue weighted by Crippen LogP contribution is 2.41. The van der Waals surface area contributed by atoms with Gasteiger partial charge in [-0.3, -0.25) is 0 Å². The summed E-state index contributed by atoms with van der Waals surface area (Å²) >= 11 is 1.16. The molecule has 8 heteroatoms. The first-order valence-electron chi connectivity index (χ1n) is 7.20. The zero-order chi connectivity index (χ0) is 15.9. The molecular weight excluding hydrogens is 336 g/mol. The maximum absolute atomic E-state index is 12.3. The predicted molar refractivity (Wildman–Crippen MR) is 84.5 cm³/mol. The minimum atomic E-state index is -3.57. The van der Waals surface area contributed by atoms with E-state index < -0.39 is 10.0 Å². The van der Waals surface area contributed by atoms with Crippen molar-refractivity contribution in [3.05, 3.63) is 48.4 Å². The number of oxazole rings is 1. The van der Waals surface area contributed by atoms with Gasteiger partial charge in [0.15, 0.2) is 11.7 Å². The molecule has 1 N–H and O–H groups in total. The molecule has 0 spiro atoms. The third-order valence-electron chi connectivity index (χ3n) is 3.56. The van der Waals surface area contributed by atoms with Gasteiger partial charge in [-0.1, -0.05) is 0 Å². The second kappa shape index (κ2) is 5.63. The number of nitrogens with one attached hydrogen (secondary N) is 1. The normalized spacial score (nSPS) is 15.1. The van der Waals surface area contributed by atoms with E-state index in [1.807, 2.05) is 0 Å². The Balaban J connectivity index is 1.51. The molecule has 3 aromatic rings. The van der Waals surface area contributed by atoms with Crippen LogP contribution in [0.25, 0.3) is 10.6 Å². The molecule has 0 bridgehead atoms. The zero-order valence-electron chi connectivity index (χ0n) is 12.1. The maximum Gasteiger partial charge on any atom is 0.250 e. The van der Waals surface area contributed by atoms with E-state index in [1.54, 1.807) is 30.5 Å². The Kier molecular flexibility index (Phi) is 3.59. The first kappa shape index (κ1) is 14.7. The summed E-state index contributed by atoms with van der Waals surface area (Å²) < 4.78 is 38.2. The van der Waals surface area contributed by atoms with Gasteiger partial charge in [-0.05, 0) is 37.1 Å². The van der Waals surface area contributed by atoms with Gasteiger partial charge in [-0.2, -0.15) is 0 Å². The van der Waals surface area contributed by atoms with E-state index in [-0.39, 0.29) is 10.8 Å². The summed E-state index contributed by atoms with van der Waals surface area (Å²) in [5, 5.41) is 0. The van der Waals surface area contributed by atoms with E-state index >= 15 is 0 Å². The molecule has 1 fully saturated rings. The minimum absolute atomic E-state index is 0.122. The zero-order valence-corrected chi connectivity index (χ0v) is 13.7. The van der Waals surface area contributed by atoms with Crippen LogP contribution in [0.2, 0.25) is 0 Å². The van der Waals surface area contributed by atoms with Crippen LogP contribution in [0.1, 0.15) is 30.4 Å². The molecule has 1 saturated carbocycles. The lowest BCUT2D eigenvalue weighted by Gasteiger charge is -2.02. The van der Waals surface area contributed by atoms with Crippen molar-refractivity contribution in [2.24, 2.45) is 0 Å². The molecular formula is C15H14N2O4S2. The van der Waals surface area contributed by atoms with Gasteiger partial charge in [0.25, 0.3) is 0 Å². The second-order valence-electron chi connectivity index (χ2n) is 5.36. The average Bonchev–Trinajstić information content (AvgIpc) is 3.03. The Morgan fingerprint density at radius 2 is 2.17 bits per heavy atom. The van der Waals surface area contributed by atoms with Crippen molar-refractivity contribution >= 4 is 21.4 Å². The van der Waals surface area contributed by atoms with E-state index in [0.717, 1.165) is 34.9 Å². The quantitative estimate of drug-likeness (QED) is 0.737. The van der Waals surface area contributed by atoms with Crippen LogP contribution >= 0.6 is 11.3 Å². The summed E-state index contributed by atoms with van der Waals surface area (Å²) in [5.74, 6) is 2.36. The number of hydrogen-bond donors (Lipinski definition) is 1. The summed E-state index contributed by atoms with van der Waals surface area (Å²) in [4.78, 5) is 5.01. The van der Waals surface area contributed by atoms with Gasteiger partial charge in [-0.15, -0.1) is 11.3 Å². The van der Waals surface area contributed by atoms with Gasteiger partial charge >= 0.3 is 0 Å². The van der Waals surface area contributed by atoms with Crippen molar-refractivity contribution in [1.82, 2.24) is 9.71 Å². The van der Waals surface area contributed by atoms with Crippen molar-refractivity contribution in [1.29, 1.82) is 0 Å². The van der Waals surface area contributed by atoms with Gasteiger partial charge < -0.3 is 8.83 Å². The van der Waals surface area contributed by atoms with E-state index in [4.69, 9.17) is 8.83 Å². The van der Waals surface area contributed by atoms with Crippen LogP contribution in [0.15, 0.2) is 49.8 Å². The van der Waals surface area contributed by atoms with Gasteiger partial charge in [0, 0.05) is 5.92 Å². The highest BCUT2D eigenvalue weighted by atomic mass is 32.2. The van der Waals surface area contributed by atoms with Crippen molar-refractivity contribution in [2.45, 2.75) is 29.5 Å². The molecule has 0 radical (unpaired) electrons. The summed E-state index contributed by atoms with van der Waals surface area (Å²) in [6.45, 7) is 0.122. The van der Waals surface area contributed by atoms with Crippen LogP contribution in [-0.4, -0.2) is 13.4 Å². The largest absolute Gasteiger partial charge is 0.468 e. The Morgan fingerprint density at radius 1 is 1.30 bits per heavy atom. The lowest BCUT2D eigenvalue weighted by atomic mass is 10.4. The highest BCUT2D eigenvalue weighted by Gasteiger charge is 2.29. The number of furan rings is 1. The van der Waals surface area contributed by atoms with Crippen molar-refractivity contribution in [3.8, 4) is 10.6 Å². The molecule has 0 saturated heterocycles. The minimum Gasteiger partial charge on any atom is -0.468 e. The lowest BCUT2D eigenvalue weighted by Crippen LogP contribution is -2.22. The van der Waals surface area contributed by atoms with E-state index in [1.165, 1.54) is 6.26 Å². The summed E-state index contributed by atoms with van der Waals surface area (Å²) in [5.41, 5.74) is 0. The standard InChI is InChI=1S/C15H14N2O4S2/c18-23(19,17-8-11-2-1-7-20-11)14-6-5-13(22-14)12-9-16-15(21-12)10-3-4-10/h1-2,5-7,9-10,17H,3-4,8H2. The average molecular weight is 350 g/mol. The SMILES string of the molecule is O=S(=O)(NCc1ccco1)c1ccc(-c2cnc(C3CC3)o2)s1. The first-order chi connectivity index (χ1) is 11.1. The molecule has 3 aromatic heterocycles. The van der Waals surface area contributed by atoms with Crippen molar-refractivity contribution < 1.29 is 17.3 Å². The van der Waals surface area contributed by atoms with Crippen LogP contribution in [0.3, 0.4) is 0 Å². The summed E-state index contributed by atoms with van der Waals surface area (Å²) in [6.07, 6.45) is 5.39. The maximum atomic E-state index is 12.3. The van der Waals surface area contributed by atoms with Gasteiger partial charge in [-0.25, -0.2) is 18.1 Å². The third-order valence-corrected chi connectivity index (χ3v) is 6.55. The number of thiophene rings is 1. The predicted octanol–water partition coefficient (Wildman–Crippen LogP) is 3.35. The van der Waals surface area contributed by atoms with E-state index in [2.05, 4.69) is 9.71 Å². The first-order valence-corrected chi connectivity index (χ1v) is 9.50. The highest BCUT2D eigenvalue weighted by molar-refractivity contribution is 7.91. The Hall–Kier alpha value is -1.90. The Morgan fingerprint density at radius 3 is 2.91 bits per heavy atom. The van der Waals surface area contributed by atoms with Crippen molar-refractivity contribution in [2.75, 3.05) is 0 Å². The molecule has 0 aromatic carbocycles. The smallest absolute Gasteiger partial charge is 0.250 e. The molecule has 0 aliphatic heterocycles. The number of nitrogens with zero attached hydrogens (tertiary/aromatic N) is 1. The van der Waals surface area contributed by atoms with Crippen LogP contribution in [0, 0.1) is 0 Å². The van der Waals surface area contributed by atoms with Crippen LogP contribution in [0.5, 0.6) is 0 Å². The Labute approximate surface area is 137 Å². The van der Waals surface area contributed by atoms with E-state index in [0.29, 0.717) is 17.4 Å². The second-order valence-corrected chi connectivity index (χ2v) is 8.44. The third kappa shape index (κ3) is 3.10. The number of sulfonamides is 1. The van der Waals surface area contributed by atoms with Gasteiger partial charge in [0.05, 0.1) is 23.9 Å². The molecule has 23 heavy (non-hydrogen) atoms. The fourth-order valence-corrected chi connectivity index (χ4v) is 4.46. The monoisotopic (exact) mass is 350 g/mol. The number of hydrogen-bond acceptors (Lipinski definition) is 6. The fraction of sp³-hybridized carbons (Fsp3) is 0.267. The molecule has 3 heterocycles. The van der Waals surface area contributed by atoms with Gasteiger partial charge in [0.2, 0.25) is 10.0 Å². The molecule has 120 valence electrons. The number of rotatable bonds is 6.